The fraction of sp³-hybridized carbons (Fsp3) is 0.900. The summed E-state index contributed by atoms with van der Waals surface area (Å²) >= 11 is 0. The lowest BCUT2D eigenvalue weighted by Gasteiger charge is -2.47. The van der Waals surface area contributed by atoms with Crippen LogP contribution in [0.2, 0.25) is 0 Å². The third kappa shape index (κ3) is 1.73. The summed E-state index contributed by atoms with van der Waals surface area (Å²) in [7, 11) is -3.50. The maximum absolute atomic E-state index is 11.9. The van der Waals surface area contributed by atoms with Crippen LogP contribution in [-0.4, -0.2) is 36.0 Å². The Morgan fingerprint density at radius 2 is 1.88 bits per heavy atom. The van der Waals surface area contributed by atoms with Crippen molar-refractivity contribution in [3.05, 3.63) is 0 Å². The number of amides is 1. The smallest absolute Gasteiger partial charge is 0.259 e. The molecule has 0 spiro atoms. The highest BCUT2D eigenvalue weighted by atomic mass is 32.2. The molecule has 0 aromatic rings. The monoisotopic (exact) mass is 248 g/mol. The molecule has 0 aromatic heterocycles. The van der Waals surface area contributed by atoms with Gasteiger partial charge in [0.2, 0.25) is 0 Å². The molecule has 0 radical (unpaired) electrons. The molecule has 94 valence electrons. The summed E-state index contributed by atoms with van der Waals surface area (Å²) in [5.74, 6) is -0.0381. The molecule has 0 bridgehead atoms. The van der Waals surface area contributed by atoms with Gasteiger partial charge in [-0.15, -0.1) is 0 Å². The van der Waals surface area contributed by atoms with E-state index in [0.717, 1.165) is 4.31 Å². The number of carbonyl (C=O) groups is 1. The molecular formula is C10H20N2O3S. The van der Waals surface area contributed by atoms with Crippen LogP contribution >= 0.6 is 0 Å². The van der Waals surface area contributed by atoms with Crippen LogP contribution in [0.4, 0.5) is 0 Å². The van der Waals surface area contributed by atoms with E-state index in [4.69, 9.17) is 5.73 Å². The first-order valence-electron chi connectivity index (χ1n) is 5.44. The van der Waals surface area contributed by atoms with E-state index >= 15 is 0 Å². The lowest BCUT2D eigenvalue weighted by atomic mass is 10.0. The SMILES string of the molecule is CC(C)CC(CN)N1C(=O)C(C)(C)S1(=O)=O. The fourth-order valence-electron chi connectivity index (χ4n) is 1.89. The first-order valence-corrected chi connectivity index (χ1v) is 6.88. The largest absolute Gasteiger partial charge is 0.328 e. The molecule has 0 saturated carbocycles. The van der Waals surface area contributed by atoms with Crippen LogP contribution in [0.5, 0.6) is 0 Å². The van der Waals surface area contributed by atoms with Gasteiger partial charge in [0, 0.05) is 6.54 Å². The van der Waals surface area contributed by atoms with Crippen LogP contribution < -0.4 is 5.73 Å². The highest BCUT2D eigenvalue weighted by Crippen LogP contribution is 2.37. The summed E-state index contributed by atoms with van der Waals surface area (Å²) < 4.78 is 23.5. The van der Waals surface area contributed by atoms with Gasteiger partial charge in [-0.25, -0.2) is 12.7 Å². The van der Waals surface area contributed by atoms with E-state index in [0.29, 0.717) is 12.3 Å². The number of hydrogen-bond acceptors (Lipinski definition) is 4. The Kier molecular flexibility index (Phi) is 3.36. The predicted octanol–water partition coefficient (Wildman–Crippen LogP) is 0.310. The molecule has 0 aromatic carbocycles. The zero-order chi connectivity index (χ0) is 12.7. The lowest BCUT2D eigenvalue weighted by Crippen LogP contribution is -2.71. The topological polar surface area (TPSA) is 80.5 Å². The zero-order valence-corrected chi connectivity index (χ0v) is 11.0. The molecule has 1 rings (SSSR count). The van der Waals surface area contributed by atoms with Gasteiger partial charge in [0.05, 0.1) is 6.04 Å². The maximum Gasteiger partial charge on any atom is 0.259 e. The standard InChI is InChI=1S/C10H20N2O3S/c1-7(2)5-8(6-11)12-9(13)10(3,4)16(12,14)15/h7-8H,5-6,11H2,1-4H3. The van der Waals surface area contributed by atoms with Crippen molar-refractivity contribution < 1.29 is 13.2 Å². The highest BCUT2D eigenvalue weighted by molar-refractivity contribution is 7.94. The van der Waals surface area contributed by atoms with Crippen molar-refractivity contribution in [2.75, 3.05) is 6.54 Å². The Morgan fingerprint density at radius 1 is 1.38 bits per heavy atom. The molecular weight excluding hydrogens is 228 g/mol. The summed E-state index contributed by atoms with van der Waals surface area (Å²) in [5, 5.41) is 0. The van der Waals surface area contributed by atoms with Crippen molar-refractivity contribution in [2.24, 2.45) is 11.7 Å². The number of hydrogen-bond donors (Lipinski definition) is 1. The molecule has 1 heterocycles. The summed E-state index contributed by atoms with van der Waals surface area (Å²) in [6.07, 6.45) is 0.609. The molecule has 2 N–H and O–H groups in total. The molecule has 1 saturated heterocycles. The lowest BCUT2D eigenvalue weighted by molar-refractivity contribution is -0.134. The van der Waals surface area contributed by atoms with Gasteiger partial charge in [0.15, 0.2) is 4.75 Å². The first-order chi connectivity index (χ1) is 7.16. The van der Waals surface area contributed by atoms with Gasteiger partial charge in [-0.3, -0.25) is 4.79 Å². The minimum atomic E-state index is -3.50. The van der Waals surface area contributed by atoms with Gasteiger partial charge in [0.25, 0.3) is 15.9 Å². The van der Waals surface area contributed by atoms with E-state index in [1.165, 1.54) is 13.8 Å². The van der Waals surface area contributed by atoms with Gasteiger partial charge in [0.1, 0.15) is 0 Å². The van der Waals surface area contributed by atoms with E-state index in [-0.39, 0.29) is 12.5 Å². The number of sulfonamides is 1. The number of nitrogens with two attached hydrogens (primary N) is 1. The van der Waals surface area contributed by atoms with Crippen molar-refractivity contribution in [3.63, 3.8) is 0 Å². The van der Waals surface area contributed by atoms with Crippen LogP contribution in [0.25, 0.3) is 0 Å². The molecule has 1 amide bonds. The second-order valence-corrected chi connectivity index (χ2v) is 7.50. The molecule has 1 fully saturated rings. The van der Waals surface area contributed by atoms with Gasteiger partial charge < -0.3 is 5.73 Å². The van der Waals surface area contributed by atoms with Gasteiger partial charge in [-0.05, 0) is 26.2 Å². The Hall–Kier alpha value is -0.620. The van der Waals surface area contributed by atoms with Gasteiger partial charge >= 0.3 is 0 Å². The van der Waals surface area contributed by atoms with Crippen LogP contribution in [0, 0.1) is 5.92 Å². The Bertz CT molecular complexity index is 387. The normalized spacial score (nSPS) is 24.4. The Balaban J connectivity index is 2.95. The molecule has 1 aliphatic heterocycles. The third-order valence-corrected chi connectivity index (χ3v) is 5.41. The van der Waals surface area contributed by atoms with E-state index in [1.54, 1.807) is 0 Å². The highest BCUT2D eigenvalue weighted by Gasteiger charge is 2.61. The molecule has 1 unspecified atom stereocenters. The summed E-state index contributed by atoms with van der Waals surface area (Å²) in [4.78, 5) is 11.8. The second kappa shape index (κ2) is 4.00. The van der Waals surface area contributed by atoms with Gasteiger partial charge in [-0.1, -0.05) is 13.8 Å². The third-order valence-electron chi connectivity index (χ3n) is 2.97. The average Bonchev–Trinajstić information content (AvgIpc) is 2.15. The van der Waals surface area contributed by atoms with Crippen molar-refractivity contribution in [2.45, 2.75) is 44.9 Å². The maximum atomic E-state index is 11.9. The molecule has 0 aliphatic carbocycles. The summed E-state index contributed by atoms with van der Waals surface area (Å²) in [6.45, 7) is 7.00. The minimum absolute atomic E-state index is 0.180. The second-order valence-electron chi connectivity index (χ2n) is 5.14. The van der Waals surface area contributed by atoms with Crippen LogP contribution in [0.1, 0.15) is 34.1 Å². The van der Waals surface area contributed by atoms with E-state index in [2.05, 4.69) is 0 Å². The predicted molar refractivity (Wildman–Crippen MR) is 62.1 cm³/mol. The van der Waals surface area contributed by atoms with Crippen molar-refractivity contribution >= 4 is 15.9 Å². The summed E-state index contributed by atoms with van der Waals surface area (Å²) in [6, 6.07) is -0.398. The quantitative estimate of drug-likeness (QED) is 0.776. The zero-order valence-electron chi connectivity index (χ0n) is 10.2. The molecule has 16 heavy (non-hydrogen) atoms. The Morgan fingerprint density at radius 3 is 2.19 bits per heavy atom. The number of nitrogens with zero attached hydrogens (tertiary/aromatic N) is 1. The van der Waals surface area contributed by atoms with E-state index < -0.39 is 20.8 Å². The van der Waals surface area contributed by atoms with E-state index in [9.17, 15) is 13.2 Å². The fourth-order valence-corrected chi connectivity index (χ4v) is 3.58. The average molecular weight is 248 g/mol. The number of rotatable bonds is 4. The van der Waals surface area contributed by atoms with Gasteiger partial charge in [-0.2, -0.15) is 0 Å². The minimum Gasteiger partial charge on any atom is -0.328 e. The van der Waals surface area contributed by atoms with Crippen molar-refractivity contribution in [1.29, 1.82) is 0 Å². The first kappa shape index (κ1) is 13.4. The van der Waals surface area contributed by atoms with Crippen LogP contribution in [-0.2, 0) is 14.8 Å². The summed E-state index contributed by atoms with van der Waals surface area (Å²) in [5.41, 5.74) is 5.55. The van der Waals surface area contributed by atoms with Crippen molar-refractivity contribution in [1.82, 2.24) is 4.31 Å². The molecule has 1 aliphatic rings. The molecule has 1 atom stereocenters. The van der Waals surface area contributed by atoms with Crippen LogP contribution in [0.15, 0.2) is 0 Å². The molecule has 5 nitrogen and oxygen atoms in total. The Labute approximate surface area is 97.0 Å². The van der Waals surface area contributed by atoms with Crippen LogP contribution in [0.3, 0.4) is 0 Å². The van der Waals surface area contributed by atoms with Crippen molar-refractivity contribution in [3.8, 4) is 0 Å². The molecule has 6 heteroatoms. The van der Waals surface area contributed by atoms with E-state index in [1.807, 2.05) is 13.8 Å². The number of carbonyl (C=O) groups excluding carboxylic acids is 1.